The summed E-state index contributed by atoms with van der Waals surface area (Å²) in [6.07, 6.45) is 3.23. The molecule has 27 heavy (non-hydrogen) atoms. The fourth-order valence-electron chi connectivity index (χ4n) is 3.80. The quantitative estimate of drug-likeness (QED) is 0.839. The molecule has 2 aromatic rings. The number of rotatable bonds is 3. The third-order valence-electron chi connectivity index (χ3n) is 5.09. The highest BCUT2D eigenvalue weighted by molar-refractivity contribution is 7.87. The molecular formula is C17H19FN6O2S. The molecule has 0 amide bonds. The maximum Gasteiger partial charge on any atom is 0.279 e. The van der Waals surface area contributed by atoms with Crippen LogP contribution in [0.3, 0.4) is 0 Å². The van der Waals surface area contributed by atoms with Gasteiger partial charge in [-0.1, -0.05) is 0 Å². The number of aromatic nitrogens is 2. The van der Waals surface area contributed by atoms with Crippen LogP contribution in [0.25, 0.3) is 10.9 Å². The highest BCUT2D eigenvalue weighted by atomic mass is 32.2. The summed E-state index contributed by atoms with van der Waals surface area (Å²) in [5.41, 5.74) is 0.409. The van der Waals surface area contributed by atoms with E-state index in [0.29, 0.717) is 42.9 Å². The zero-order valence-electron chi connectivity index (χ0n) is 14.6. The Hall–Kier alpha value is -2.35. The average Bonchev–Trinajstić information content (AvgIpc) is 2.99. The van der Waals surface area contributed by atoms with Gasteiger partial charge < -0.3 is 4.90 Å². The van der Waals surface area contributed by atoms with Gasteiger partial charge in [-0.2, -0.15) is 18.0 Å². The van der Waals surface area contributed by atoms with E-state index in [-0.39, 0.29) is 11.5 Å². The number of halogens is 1. The van der Waals surface area contributed by atoms with Crippen molar-refractivity contribution in [1.29, 1.82) is 5.26 Å². The zero-order chi connectivity index (χ0) is 19.0. The van der Waals surface area contributed by atoms with E-state index >= 15 is 0 Å². The highest BCUT2D eigenvalue weighted by Gasteiger charge is 2.32. The summed E-state index contributed by atoms with van der Waals surface area (Å²) in [4.78, 5) is 10.6. The second-order valence-electron chi connectivity index (χ2n) is 6.87. The summed E-state index contributed by atoms with van der Waals surface area (Å²) in [5.74, 6) is 0.232. The SMILES string of the molecule is N#Cc1cc2c(N3CCCC(CN4CCNS4(=O)=O)C3)ncnc2cc1F. The molecule has 8 nitrogen and oxygen atoms in total. The molecule has 142 valence electrons. The van der Waals surface area contributed by atoms with Crippen molar-refractivity contribution in [1.82, 2.24) is 19.0 Å². The molecule has 0 radical (unpaired) electrons. The van der Waals surface area contributed by atoms with Crippen LogP contribution in [-0.4, -0.2) is 55.4 Å². The van der Waals surface area contributed by atoms with Crippen LogP contribution in [0.15, 0.2) is 18.5 Å². The molecule has 10 heteroatoms. The Morgan fingerprint density at radius 1 is 1.33 bits per heavy atom. The average molecular weight is 390 g/mol. The van der Waals surface area contributed by atoms with Gasteiger partial charge in [-0.25, -0.2) is 19.1 Å². The van der Waals surface area contributed by atoms with Crippen LogP contribution in [0, 0.1) is 23.1 Å². The van der Waals surface area contributed by atoms with Gasteiger partial charge in [0, 0.05) is 44.2 Å². The van der Waals surface area contributed by atoms with Gasteiger partial charge in [-0.15, -0.1) is 0 Å². The maximum absolute atomic E-state index is 13.9. The number of fused-ring (bicyclic) bond motifs is 1. The van der Waals surface area contributed by atoms with E-state index in [1.165, 1.54) is 22.8 Å². The molecule has 0 bridgehead atoms. The zero-order valence-corrected chi connectivity index (χ0v) is 15.4. The Morgan fingerprint density at radius 2 is 2.19 bits per heavy atom. The molecule has 2 fully saturated rings. The normalized spacial score (nSPS) is 22.8. The van der Waals surface area contributed by atoms with Crippen LogP contribution in [-0.2, 0) is 10.2 Å². The first-order valence-corrected chi connectivity index (χ1v) is 10.3. The second kappa shape index (κ2) is 6.99. The van der Waals surface area contributed by atoms with Gasteiger partial charge in [-0.05, 0) is 24.8 Å². The molecule has 2 saturated heterocycles. The van der Waals surface area contributed by atoms with Gasteiger partial charge in [-0.3, -0.25) is 0 Å². The third kappa shape index (κ3) is 3.45. The van der Waals surface area contributed by atoms with Crippen molar-refractivity contribution in [3.05, 3.63) is 29.8 Å². The Labute approximate surface area is 156 Å². The molecule has 1 atom stereocenters. The smallest absolute Gasteiger partial charge is 0.279 e. The van der Waals surface area contributed by atoms with Crippen LogP contribution >= 0.6 is 0 Å². The molecule has 1 aromatic carbocycles. The number of nitrogens with zero attached hydrogens (tertiary/aromatic N) is 5. The summed E-state index contributed by atoms with van der Waals surface area (Å²) in [6.45, 7) is 2.81. The van der Waals surface area contributed by atoms with Gasteiger partial charge in [0.25, 0.3) is 10.2 Å². The Balaban J connectivity index is 1.61. The molecule has 2 aliphatic rings. The largest absolute Gasteiger partial charge is 0.356 e. The number of hydrogen-bond donors (Lipinski definition) is 1. The monoisotopic (exact) mass is 390 g/mol. The lowest BCUT2D eigenvalue weighted by molar-refractivity contribution is 0.323. The van der Waals surface area contributed by atoms with Crippen LogP contribution in [0.5, 0.6) is 0 Å². The first-order chi connectivity index (χ1) is 13.0. The van der Waals surface area contributed by atoms with E-state index in [1.807, 2.05) is 6.07 Å². The standard InChI is InChI=1S/C17H19FN6O2S/c18-15-7-16-14(6-13(15)8-19)17(21-11-20-16)23-4-1-2-12(9-23)10-24-5-3-22-27(24,25)26/h6-7,11-12,22H,1-5,9-10H2. The predicted molar refractivity (Wildman–Crippen MR) is 97.6 cm³/mol. The van der Waals surface area contributed by atoms with Gasteiger partial charge in [0.05, 0.1) is 11.1 Å². The van der Waals surface area contributed by atoms with E-state index in [0.717, 1.165) is 19.4 Å². The maximum atomic E-state index is 13.9. The Bertz CT molecular complexity index is 1020. The minimum absolute atomic E-state index is 0.0404. The Morgan fingerprint density at radius 3 is 2.93 bits per heavy atom. The minimum atomic E-state index is -3.36. The number of anilines is 1. The summed E-state index contributed by atoms with van der Waals surface area (Å²) in [7, 11) is -3.36. The number of piperidine rings is 1. The highest BCUT2D eigenvalue weighted by Crippen LogP contribution is 2.29. The second-order valence-corrected chi connectivity index (χ2v) is 8.63. The van der Waals surface area contributed by atoms with Crippen molar-refractivity contribution in [2.75, 3.05) is 37.6 Å². The molecular weight excluding hydrogens is 371 g/mol. The minimum Gasteiger partial charge on any atom is -0.356 e. The predicted octanol–water partition coefficient (Wildman–Crippen LogP) is 1.01. The van der Waals surface area contributed by atoms with Gasteiger partial charge in [0.15, 0.2) is 0 Å². The number of hydrogen-bond acceptors (Lipinski definition) is 6. The van der Waals surface area contributed by atoms with Gasteiger partial charge >= 0.3 is 0 Å². The number of nitriles is 1. The van der Waals surface area contributed by atoms with E-state index < -0.39 is 16.0 Å². The summed E-state index contributed by atoms with van der Waals surface area (Å²) >= 11 is 0. The van der Waals surface area contributed by atoms with Crippen molar-refractivity contribution in [2.45, 2.75) is 12.8 Å². The number of nitrogens with one attached hydrogen (secondary N) is 1. The van der Waals surface area contributed by atoms with E-state index in [2.05, 4.69) is 19.6 Å². The molecule has 4 rings (SSSR count). The van der Waals surface area contributed by atoms with Crippen LogP contribution in [0.1, 0.15) is 18.4 Å². The molecule has 2 aliphatic heterocycles. The third-order valence-corrected chi connectivity index (χ3v) is 6.67. The molecule has 3 heterocycles. The first kappa shape index (κ1) is 18.0. The topological polar surface area (TPSA) is 102 Å². The van der Waals surface area contributed by atoms with Crippen molar-refractivity contribution in [2.24, 2.45) is 5.92 Å². The van der Waals surface area contributed by atoms with Crippen LogP contribution in [0.2, 0.25) is 0 Å². The van der Waals surface area contributed by atoms with Crippen molar-refractivity contribution in [3.8, 4) is 6.07 Å². The lowest BCUT2D eigenvalue weighted by atomic mass is 9.97. The van der Waals surface area contributed by atoms with Crippen molar-refractivity contribution in [3.63, 3.8) is 0 Å². The number of benzene rings is 1. The van der Waals surface area contributed by atoms with Crippen LogP contribution < -0.4 is 9.62 Å². The van der Waals surface area contributed by atoms with E-state index in [1.54, 1.807) is 0 Å². The van der Waals surface area contributed by atoms with E-state index in [4.69, 9.17) is 5.26 Å². The summed E-state index contributed by atoms with van der Waals surface area (Å²) in [6, 6.07) is 4.59. The van der Waals surface area contributed by atoms with Gasteiger partial charge in [0.2, 0.25) is 0 Å². The summed E-state index contributed by atoms with van der Waals surface area (Å²) < 4.78 is 41.9. The fraction of sp³-hybridized carbons (Fsp3) is 0.471. The first-order valence-electron chi connectivity index (χ1n) is 8.82. The molecule has 1 N–H and O–H groups in total. The molecule has 1 aromatic heterocycles. The molecule has 1 unspecified atom stereocenters. The lowest BCUT2D eigenvalue weighted by Crippen LogP contribution is -2.42. The molecule has 0 aliphatic carbocycles. The van der Waals surface area contributed by atoms with Gasteiger partial charge in [0.1, 0.15) is 24.0 Å². The van der Waals surface area contributed by atoms with Crippen molar-refractivity contribution >= 4 is 26.9 Å². The molecule has 0 saturated carbocycles. The Kier molecular flexibility index (Phi) is 4.67. The van der Waals surface area contributed by atoms with Crippen LogP contribution in [0.4, 0.5) is 10.2 Å². The lowest BCUT2D eigenvalue weighted by Gasteiger charge is -2.35. The van der Waals surface area contributed by atoms with E-state index in [9.17, 15) is 12.8 Å². The fourth-order valence-corrected chi connectivity index (χ4v) is 5.07. The van der Waals surface area contributed by atoms with Crippen molar-refractivity contribution < 1.29 is 12.8 Å². The molecule has 0 spiro atoms. The summed E-state index contributed by atoms with van der Waals surface area (Å²) in [5, 5.41) is 9.75.